The van der Waals surface area contributed by atoms with Crippen LogP contribution in [0.3, 0.4) is 0 Å². The molecule has 4 saturated carbocycles. The smallest absolute Gasteiger partial charge is 0.331 e. The summed E-state index contributed by atoms with van der Waals surface area (Å²) >= 11 is 0. The van der Waals surface area contributed by atoms with E-state index in [-0.39, 0.29) is 73.0 Å². The molecule has 21 atom stereocenters. The van der Waals surface area contributed by atoms with E-state index in [1.54, 1.807) is 20.3 Å². The van der Waals surface area contributed by atoms with E-state index in [0.29, 0.717) is 25.2 Å². The van der Waals surface area contributed by atoms with Crippen LogP contribution in [0.1, 0.15) is 105 Å². The Morgan fingerprint density at radius 2 is 1.32 bits per heavy atom. The zero-order chi connectivity index (χ0) is 40.6. The molecule has 0 aromatic heterocycles. The van der Waals surface area contributed by atoms with Crippen molar-refractivity contribution >= 4 is 5.97 Å². The summed E-state index contributed by atoms with van der Waals surface area (Å²) in [4.78, 5) is 12.0. The number of rotatable bonds is 9. The molecular formula is C43H68O14. The van der Waals surface area contributed by atoms with Crippen molar-refractivity contribution < 1.29 is 67.9 Å². The molecule has 8 aliphatic rings. The Balaban J connectivity index is 0.831. The zero-order valence-electron chi connectivity index (χ0n) is 34.8. The highest BCUT2D eigenvalue weighted by Gasteiger charge is 2.71. The Labute approximate surface area is 337 Å². The first-order valence-corrected chi connectivity index (χ1v) is 21.7. The van der Waals surface area contributed by atoms with E-state index in [2.05, 4.69) is 6.92 Å². The summed E-state index contributed by atoms with van der Waals surface area (Å²) in [6.07, 6.45) is 1.59. The largest absolute Gasteiger partial charge is 0.458 e. The Kier molecular flexibility index (Phi) is 12.1. The molecule has 4 N–H and O–H groups in total. The summed E-state index contributed by atoms with van der Waals surface area (Å²) in [6.45, 7) is 10.3. The number of fused-ring (bicyclic) bond motifs is 5. The van der Waals surface area contributed by atoms with Crippen LogP contribution in [0.2, 0.25) is 0 Å². The summed E-state index contributed by atoms with van der Waals surface area (Å²) in [5.74, 6) is 0.245. The molecule has 0 amide bonds. The summed E-state index contributed by atoms with van der Waals surface area (Å²) in [5, 5.41) is 47.0. The van der Waals surface area contributed by atoms with Gasteiger partial charge in [0.25, 0.3) is 0 Å². The van der Waals surface area contributed by atoms with E-state index in [0.717, 1.165) is 44.1 Å². The first-order valence-electron chi connectivity index (χ1n) is 21.7. The molecule has 7 fully saturated rings. The molecule has 4 aliphatic heterocycles. The molecule has 0 bridgehead atoms. The maximum Gasteiger partial charge on any atom is 0.331 e. The van der Waals surface area contributed by atoms with E-state index in [4.69, 9.17) is 42.6 Å². The molecule has 324 valence electrons. The summed E-state index contributed by atoms with van der Waals surface area (Å²) in [6, 6.07) is 0. The van der Waals surface area contributed by atoms with Gasteiger partial charge in [-0.05, 0) is 107 Å². The lowest BCUT2D eigenvalue weighted by Gasteiger charge is -2.65. The van der Waals surface area contributed by atoms with Crippen molar-refractivity contribution in [2.45, 2.75) is 197 Å². The SMILES string of the molecule is COC1CC(OC2C(O)CC(OC3C(O)CC(OC4CCC5(C)C(CCC6C5CC(O)C5(C)C(C7=CC(=O)OC7)CCC65O)C4)OC3C)OC2C)OC(C)C1OC. The van der Waals surface area contributed by atoms with Gasteiger partial charge in [0.05, 0.1) is 54.4 Å². The number of ether oxygens (including phenoxy) is 9. The van der Waals surface area contributed by atoms with Crippen LogP contribution in [-0.4, -0.2) is 139 Å². The molecule has 0 aromatic carbocycles. The van der Waals surface area contributed by atoms with Crippen molar-refractivity contribution in [2.24, 2.45) is 34.5 Å². The van der Waals surface area contributed by atoms with Crippen molar-refractivity contribution in [3.8, 4) is 0 Å². The van der Waals surface area contributed by atoms with Gasteiger partial charge in [0.2, 0.25) is 0 Å². The first kappa shape index (κ1) is 42.4. The van der Waals surface area contributed by atoms with Gasteiger partial charge in [-0.2, -0.15) is 0 Å². The van der Waals surface area contributed by atoms with Crippen LogP contribution in [-0.2, 0) is 47.4 Å². The van der Waals surface area contributed by atoms with Crippen LogP contribution in [0.25, 0.3) is 0 Å². The second-order valence-corrected chi connectivity index (χ2v) is 19.2. The van der Waals surface area contributed by atoms with Gasteiger partial charge in [0.1, 0.15) is 24.9 Å². The fourth-order valence-electron chi connectivity index (χ4n) is 13.3. The maximum absolute atomic E-state index is 12.6. The van der Waals surface area contributed by atoms with Gasteiger partial charge in [-0.3, -0.25) is 0 Å². The van der Waals surface area contributed by atoms with Crippen molar-refractivity contribution in [1.29, 1.82) is 0 Å². The average molecular weight is 809 g/mol. The van der Waals surface area contributed by atoms with Crippen LogP contribution in [0.5, 0.6) is 0 Å². The third kappa shape index (κ3) is 7.37. The molecule has 8 rings (SSSR count). The van der Waals surface area contributed by atoms with Gasteiger partial charge in [-0.15, -0.1) is 0 Å². The highest BCUT2D eigenvalue weighted by Crippen LogP contribution is 2.70. The summed E-state index contributed by atoms with van der Waals surface area (Å²) in [7, 11) is 3.27. The highest BCUT2D eigenvalue weighted by atomic mass is 16.7. The average Bonchev–Trinajstić information content (AvgIpc) is 3.71. The van der Waals surface area contributed by atoms with E-state index >= 15 is 0 Å². The number of hydrogen-bond acceptors (Lipinski definition) is 14. The molecule has 3 saturated heterocycles. The van der Waals surface area contributed by atoms with Gasteiger partial charge in [-0.1, -0.05) is 13.8 Å². The Bertz CT molecular complexity index is 1450. The number of cyclic esters (lactones) is 1. The lowest BCUT2D eigenvalue weighted by Crippen LogP contribution is -2.67. The van der Waals surface area contributed by atoms with Gasteiger partial charge in [-0.25, -0.2) is 4.79 Å². The van der Waals surface area contributed by atoms with Crippen molar-refractivity contribution in [3.63, 3.8) is 0 Å². The lowest BCUT2D eigenvalue weighted by molar-refractivity contribution is -0.337. The number of hydrogen-bond donors (Lipinski definition) is 4. The van der Waals surface area contributed by atoms with Crippen LogP contribution in [0.4, 0.5) is 0 Å². The van der Waals surface area contributed by atoms with E-state index < -0.39 is 72.6 Å². The van der Waals surface area contributed by atoms with Gasteiger partial charge >= 0.3 is 5.97 Å². The second-order valence-electron chi connectivity index (χ2n) is 19.2. The third-order valence-electron chi connectivity index (χ3n) is 16.5. The molecule has 21 unspecified atom stereocenters. The minimum Gasteiger partial charge on any atom is -0.458 e. The quantitative estimate of drug-likeness (QED) is 0.196. The topological polar surface area (TPSA) is 181 Å². The standard InChI is InChI=1S/C43H68O14/c1-21-38(56-36-18-31(45)39(22(2)53-36)57-37-19-32(49-6)40(50-7)23(3)54-37)30(44)17-35(52-21)55-26-10-12-41(4)25(15-26)8-9-28-29(41)16-33(46)42(5)27(11-13-43(28,42)48)24-14-34(47)51-20-24/h14,21-23,25-33,35-40,44-46,48H,8-13,15-20H2,1-7H3. The third-order valence-corrected chi connectivity index (χ3v) is 16.5. The number of carbonyl (C=O) groups is 1. The zero-order valence-corrected chi connectivity index (χ0v) is 34.8. The Morgan fingerprint density at radius 1 is 0.702 bits per heavy atom. The van der Waals surface area contributed by atoms with Crippen LogP contribution in [0.15, 0.2) is 11.6 Å². The molecular weight excluding hydrogens is 740 g/mol. The summed E-state index contributed by atoms with van der Waals surface area (Å²) in [5.41, 5.74) is -0.862. The minimum atomic E-state index is -1.01. The van der Waals surface area contributed by atoms with Gasteiger partial charge in [0, 0.05) is 45.0 Å². The Hall–Kier alpha value is -1.27. The molecule has 0 radical (unpaired) electrons. The fourth-order valence-corrected chi connectivity index (χ4v) is 13.3. The monoisotopic (exact) mass is 808 g/mol. The van der Waals surface area contributed by atoms with Crippen LogP contribution in [0, 0.1) is 34.5 Å². The summed E-state index contributed by atoms with van der Waals surface area (Å²) < 4.78 is 54.1. The van der Waals surface area contributed by atoms with Gasteiger partial charge < -0.3 is 63.1 Å². The molecule has 0 aromatic rings. The predicted octanol–water partition coefficient (Wildman–Crippen LogP) is 3.53. The maximum atomic E-state index is 12.6. The number of aliphatic hydroxyl groups is 4. The number of aliphatic hydroxyl groups excluding tert-OH is 3. The molecule has 4 heterocycles. The van der Waals surface area contributed by atoms with E-state index in [9.17, 15) is 25.2 Å². The van der Waals surface area contributed by atoms with E-state index in [1.807, 2.05) is 27.7 Å². The number of carbonyl (C=O) groups excluding carboxylic acids is 1. The second kappa shape index (κ2) is 16.2. The minimum absolute atomic E-state index is 0.0312. The molecule has 14 nitrogen and oxygen atoms in total. The normalized spacial score (nSPS) is 54.0. The number of esters is 1. The number of methoxy groups -OCH3 is 2. The molecule has 14 heteroatoms. The van der Waals surface area contributed by atoms with E-state index in [1.165, 1.54) is 0 Å². The highest BCUT2D eigenvalue weighted by molar-refractivity contribution is 5.85. The molecule has 57 heavy (non-hydrogen) atoms. The predicted molar refractivity (Wildman–Crippen MR) is 202 cm³/mol. The van der Waals surface area contributed by atoms with Crippen molar-refractivity contribution in [1.82, 2.24) is 0 Å². The first-order chi connectivity index (χ1) is 27.1. The van der Waals surface area contributed by atoms with Crippen molar-refractivity contribution in [2.75, 3.05) is 20.8 Å². The van der Waals surface area contributed by atoms with Crippen molar-refractivity contribution in [3.05, 3.63) is 11.6 Å². The lowest BCUT2D eigenvalue weighted by atomic mass is 9.42. The van der Waals surface area contributed by atoms with Gasteiger partial charge in [0.15, 0.2) is 18.9 Å². The van der Waals surface area contributed by atoms with Crippen LogP contribution < -0.4 is 0 Å². The molecule has 4 aliphatic carbocycles. The molecule has 0 spiro atoms. The van der Waals surface area contributed by atoms with Crippen LogP contribution >= 0.6 is 0 Å². The fraction of sp³-hybridized carbons (Fsp3) is 0.930. The Morgan fingerprint density at radius 3 is 1.89 bits per heavy atom.